The second kappa shape index (κ2) is 7.81. The molecule has 0 heterocycles. The molecule has 0 spiro atoms. The molecular weight excluding hydrogens is 266 g/mol. The molecule has 5 nitrogen and oxygen atoms in total. The molecule has 1 aromatic rings. The lowest BCUT2D eigenvalue weighted by Crippen LogP contribution is -2.31. The number of amides is 1. The minimum atomic E-state index is -1.23. The molecule has 0 fully saturated rings. The Kier molecular flexibility index (Phi) is 6.38. The fourth-order valence-corrected chi connectivity index (χ4v) is 1.83. The quantitative estimate of drug-likeness (QED) is 0.604. The van der Waals surface area contributed by atoms with Gasteiger partial charge in [0.05, 0.1) is 13.5 Å². The van der Waals surface area contributed by atoms with Crippen molar-refractivity contribution in [2.24, 2.45) is 0 Å². The van der Waals surface area contributed by atoms with Crippen molar-refractivity contribution in [3.8, 4) is 0 Å². The average molecular weight is 283 g/mol. The number of thioether (sulfide) groups is 1. The molecule has 1 rings (SSSR count). The zero-order chi connectivity index (χ0) is 14.3. The van der Waals surface area contributed by atoms with Gasteiger partial charge in [-0.05, 0) is 24.0 Å². The molecular formula is C13H17NO4S. The first kappa shape index (κ1) is 15.5. The minimum absolute atomic E-state index is 0.0837. The van der Waals surface area contributed by atoms with Gasteiger partial charge in [0.25, 0.3) is 5.91 Å². The zero-order valence-corrected chi connectivity index (χ0v) is 11.7. The number of ether oxygens (including phenoxy) is 1. The number of hydrogen-bond acceptors (Lipinski definition) is 5. The SMILES string of the molecule is COC(=O)CCNC(=O)C(O)c1ccc(SC)cc1. The summed E-state index contributed by atoms with van der Waals surface area (Å²) in [5.74, 6) is -0.931. The number of aliphatic hydroxyl groups is 1. The molecule has 1 amide bonds. The fourth-order valence-electron chi connectivity index (χ4n) is 1.42. The summed E-state index contributed by atoms with van der Waals surface area (Å²) >= 11 is 1.58. The average Bonchev–Trinajstić information content (AvgIpc) is 2.46. The van der Waals surface area contributed by atoms with Crippen LogP contribution >= 0.6 is 11.8 Å². The predicted octanol–water partition coefficient (Wildman–Crippen LogP) is 1.12. The van der Waals surface area contributed by atoms with Crippen LogP contribution in [0.2, 0.25) is 0 Å². The van der Waals surface area contributed by atoms with E-state index < -0.39 is 18.0 Å². The van der Waals surface area contributed by atoms with E-state index in [-0.39, 0.29) is 13.0 Å². The number of nitrogens with one attached hydrogen (secondary N) is 1. The summed E-state index contributed by atoms with van der Waals surface area (Å²) in [7, 11) is 1.28. The molecule has 0 saturated carbocycles. The van der Waals surface area contributed by atoms with E-state index in [1.54, 1.807) is 23.9 Å². The smallest absolute Gasteiger partial charge is 0.307 e. The van der Waals surface area contributed by atoms with Crippen molar-refractivity contribution >= 4 is 23.6 Å². The Morgan fingerprint density at radius 1 is 1.37 bits per heavy atom. The lowest BCUT2D eigenvalue weighted by atomic mass is 10.1. The number of rotatable bonds is 6. The lowest BCUT2D eigenvalue weighted by molar-refractivity contribution is -0.140. The van der Waals surface area contributed by atoms with E-state index in [2.05, 4.69) is 10.1 Å². The summed E-state index contributed by atoms with van der Waals surface area (Å²) in [4.78, 5) is 23.6. The molecule has 104 valence electrons. The van der Waals surface area contributed by atoms with Gasteiger partial charge in [0, 0.05) is 11.4 Å². The number of carbonyl (C=O) groups is 2. The molecule has 0 saturated heterocycles. The number of benzene rings is 1. The van der Waals surface area contributed by atoms with Crippen LogP contribution in [0.4, 0.5) is 0 Å². The van der Waals surface area contributed by atoms with Crippen LogP contribution in [0.15, 0.2) is 29.2 Å². The topological polar surface area (TPSA) is 75.6 Å². The molecule has 6 heteroatoms. The van der Waals surface area contributed by atoms with E-state index in [1.165, 1.54) is 7.11 Å². The van der Waals surface area contributed by atoms with E-state index in [1.807, 2.05) is 18.4 Å². The van der Waals surface area contributed by atoms with Gasteiger partial charge in [0.1, 0.15) is 0 Å². The molecule has 0 aliphatic heterocycles. The Morgan fingerprint density at radius 2 is 2.00 bits per heavy atom. The Balaban J connectivity index is 2.49. The van der Waals surface area contributed by atoms with Crippen molar-refractivity contribution in [3.63, 3.8) is 0 Å². The van der Waals surface area contributed by atoms with Gasteiger partial charge in [-0.25, -0.2) is 0 Å². The van der Waals surface area contributed by atoms with E-state index in [0.29, 0.717) is 5.56 Å². The van der Waals surface area contributed by atoms with Gasteiger partial charge >= 0.3 is 5.97 Å². The molecule has 0 radical (unpaired) electrons. The monoisotopic (exact) mass is 283 g/mol. The van der Waals surface area contributed by atoms with Crippen molar-refractivity contribution < 1.29 is 19.4 Å². The molecule has 2 N–H and O–H groups in total. The standard InChI is InChI=1S/C13H17NO4S/c1-18-11(15)7-8-14-13(17)12(16)9-3-5-10(19-2)6-4-9/h3-6,12,16H,7-8H2,1-2H3,(H,14,17). The molecule has 0 bridgehead atoms. The van der Waals surface area contributed by atoms with Crippen LogP contribution in [0, 0.1) is 0 Å². The van der Waals surface area contributed by atoms with Gasteiger partial charge in [-0.2, -0.15) is 0 Å². The van der Waals surface area contributed by atoms with E-state index in [0.717, 1.165) is 4.90 Å². The highest BCUT2D eigenvalue weighted by Gasteiger charge is 2.17. The number of carbonyl (C=O) groups excluding carboxylic acids is 2. The minimum Gasteiger partial charge on any atom is -0.469 e. The van der Waals surface area contributed by atoms with Crippen LogP contribution in [0.25, 0.3) is 0 Å². The molecule has 0 aromatic heterocycles. The van der Waals surface area contributed by atoms with Gasteiger partial charge < -0.3 is 15.2 Å². The molecule has 0 aliphatic carbocycles. The Morgan fingerprint density at radius 3 is 2.53 bits per heavy atom. The summed E-state index contributed by atoms with van der Waals surface area (Å²) in [5, 5.41) is 12.3. The molecule has 1 unspecified atom stereocenters. The Labute approximate surface area is 116 Å². The number of hydrogen-bond donors (Lipinski definition) is 2. The van der Waals surface area contributed by atoms with Crippen LogP contribution in [-0.2, 0) is 14.3 Å². The summed E-state index contributed by atoms with van der Waals surface area (Å²) in [6, 6.07) is 7.09. The Hall–Kier alpha value is -1.53. The maximum absolute atomic E-state index is 11.6. The van der Waals surface area contributed by atoms with E-state index in [9.17, 15) is 14.7 Å². The highest BCUT2D eigenvalue weighted by atomic mass is 32.2. The van der Waals surface area contributed by atoms with Gasteiger partial charge in [0.2, 0.25) is 0 Å². The van der Waals surface area contributed by atoms with Crippen molar-refractivity contribution in [1.82, 2.24) is 5.32 Å². The van der Waals surface area contributed by atoms with Crippen LogP contribution in [0.1, 0.15) is 18.1 Å². The third-order valence-electron chi connectivity index (χ3n) is 2.54. The molecule has 0 aliphatic rings. The third kappa shape index (κ3) is 4.92. The van der Waals surface area contributed by atoms with Crippen molar-refractivity contribution in [3.05, 3.63) is 29.8 Å². The maximum Gasteiger partial charge on any atom is 0.307 e. The first-order valence-corrected chi connectivity index (χ1v) is 6.97. The second-order valence-corrected chi connectivity index (χ2v) is 4.67. The summed E-state index contributed by atoms with van der Waals surface area (Å²) in [6.07, 6.45) is 0.805. The van der Waals surface area contributed by atoms with Crippen molar-refractivity contribution in [1.29, 1.82) is 0 Å². The zero-order valence-electron chi connectivity index (χ0n) is 10.9. The molecule has 1 aromatic carbocycles. The Bertz CT molecular complexity index is 433. The predicted molar refractivity (Wildman–Crippen MR) is 72.8 cm³/mol. The van der Waals surface area contributed by atoms with Gasteiger partial charge in [-0.1, -0.05) is 12.1 Å². The highest BCUT2D eigenvalue weighted by Crippen LogP contribution is 2.19. The summed E-state index contributed by atoms with van der Waals surface area (Å²) < 4.78 is 4.45. The number of methoxy groups -OCH3 is 1. The fraction of sp³-hybridized carbons (Fsp3) is 0.385. The lowest BCUT2D eigenvalue weighted by Gasteiger charge is -2.11. The number of esters is 1. The summed E-state index contributed by atoms with van der Waals surface area (Å²) in [6.45, 7) is 0.144. The van der Waals surface area contributed by atoms with Crippen molar-refractivity contribution in [2.75, 3.05) is 19.9 Å². The van der Waals surface area contributed by atoms with Gasteiger partial charge in [-0.3, -0.25) is 9.59 Å². The van der Waals surface area contributed by atoms with Crippen LogP contribution in [0.5, 0.6) is 0 Å². The molecule has 19 heavy (non-hydrogen) atoms. The van der Waals surface area contributed by atoms with Crippen LogP contribution in [-0.4, -0.2) is 36.9 Å². The summed E-state index contributed by atoms with van der Waals surface area (Å²) in [5.41, 5.74) is 0.522. The second-order valence-electron chi connectivity index (χ2n) is 3.79. The number of aliphatic hydroxyl groups excluding tert-OH is 1. The first-order chi connectivity index (χ1) is 9.08. The highest BCUT2D eigenvalue weighted by molar-refractivity contribution is 7.98. The van der Waals surface area contributed by atoms with Gasteiger partial charge in [0.15, 0.2) is 6.10 Å². The normalized spacial score (nSPS) is 11.7. The van der Waals surface area contributed by atoms with E-state index in [4.69, 9.17) is 0 Å². The van der Waals surface area contributed by atoms with Crippen molar-refractivity contribution in [2.45, 2.75) is 17.4 Å². The van der Waals surface area contributed by atoms with Gasteiger partial charge in [-0.15, -0.1) is 11.8 Å². The third-order valence-corrected chi connectivity index (χ3v) is 3.28. The molecule has 1 atom stereocenters. The first-order valence-electron chi connectivity index (χ1n) is 5.75. The largest absolute Gasteiger partial charge is 0.469 e. The maximum atomic E-state index is 11.6. The van der Waals surface area contributed by atoms with Crippen LogP contribution < -0.4 is 5.32 Å². The van der Waals surface area contributed by atoms with Crippen LogP contribution in [0.3, 0.4) is 0 Å². The van der Waals surface area contributed by atoms with E-state index >= 15 is 0 Å².